The summed E-state index contributed by atoms with van der Waals surface area (Å²) < 4.78 is 0. The lowest BCUT2D eigenvalue weighted by atomic mass is 9.89. The smallest absolute Gasteiger partial charge is 0.0223 e. The number of likely N-dealkylation sites (tertiary alicyclic amines) is 1. The van der Waals surface area contributed by atoms with Crippen molar-refractivity contribution in [2.75, 3.05) is 46.3 Å². The van der Waals surface area contributed by atoms with Gasteiger partial charge in [-0.05, 0) is 58.3 Å². The second-order valence-corrected chi connectivity index (χ2v) is 6.90. The molecule has 1 saturated heterocycles. The van der Waals surface area contributed by atoms with E-state index in [-0.39, 0.29) is 0 Å². The van der Waals surface area contributed by atoms with E-state index in [9.17, 15) is 0 Å². The zero-order valence-electron chi connectivity index (χ0n) is 13.7. The van der Waals surface area contributed by atoms with E-state index in [2.05, 4.69) is 29.1 Å². The van der Waals surface area contributed by atoms with Crippen molar-refractivity contribution in [1.29, 1.82) is 0 Å². The van der Waals surface area contributed by atoms with Gasteiger partial charge in [-0.1, -0.05) is 26.2 Å². The van der Waals surface area contributed by atoms with Gasteiger partial charge in [-0.15, -0.1) is 0 Å². The Labute approximate surface area is 126 Å². The molecule has 0 aromatic rings. The third-order valence-electron chi connectivity index (χ3n) is 5.26. The maximum atomic E-state index is 3.68. The van der Waals surface area contributed by atoms with Gasteiger partial charge in [0.05, 0.1) is 0 Å². The van der Waals surface area contributed by atoms with Crippen LogP contribution in [0.4, 0.5) is 0 Å². The molecule has 0 aromatic heterocycles. The third-order valence-corrected chi connectivity index (χ3v) is 5.26. The zero-order chi connectivity index (χ0) is 14.2. The first kappa shape index (κ1) is 16.3. The highest BCUT2D eigenvalue weighted by Gasteiger charge is 2.23. The number of hydrogen-bond acceptors (Lipinski definition) is 3. The molecule has 0 aromatic carbocycles. The van der Waals surface area contributed by atoms with Crippen molar-refractivity contribution in [3.63, 3.8) is 0 Å². The van der Waals surface area contributed by atoms with Gasteiger partial charge in [-0.3, -0.25) is 4.90 Å². The Bertz CT molecular complexity index is 251. The molecule has 20 heavy (non-hydrogen) atoms. The topological polar surface area (TPSA) is 18.5 Å². The molecule has 2 aliphatic rings. The summed E-state index contributed by atoms with van der Waals surface area (Å²) in [6.45, 7) is 9.68. The van der Waals surface area contributed by atoms with Crippen LogP contribution in [0.25, 0.3) is 0 Å². The van der Waals surface area contributed by atoms with Gasteiger partial charge >= 0.3 is 0 Å². The highest BCUT2D eigenvalue weighted by atomic mass is 15.2. The summed E-state index contributed by atoms with van der Waals surface area (Å²) in [6, 6.07) is 0.809. The van der Waals surface area contributed by atoms with E-state index in [1.165, 1.54) is 77.7 Å². The number of nitrogens with one attached hydrogen (secondary N) is 1. The summed E-state index contributed by atoms with van der Waals surface area (Å²) in [6.07, 6.45) is 10.1. The zero-order valence-corrected chi connectivity index (χ0v) is 13.7. The number of rotatable bonds is 8. The molecule has 1 N–H and O–H groups in total. The van der Waals surface area contributed by atoms with E-state index >= 15 is 0 Å². The van der Waals surface area contributed by atoms with Crippen LogP contribution in [0.5, 0.6) is 0 Å². The lowest BCUT2D eigenvalue weighted by Crippen LogP contribution is -2.41. The maximum absolute atomic E-state index is 3.68. The van der Waals surface area contributed by atoms with E-state index in [0.717, 1.165) is 18.5 Å². The molecule has 0 spiro atoms. The molecular weight excluding hydrogens is 246 g/mol. The molecule has 3 heteroatoms. The van der Waals surface area contributed by atoms with Gasteiger partial charge < -0.3 is 10.2 Å². The van der Waals surface area contributed by atoms with Crippen LogP contribution in [0.1, 0.15) is 51.9 Å². The lowest BCUT2D eigenvalue weighted by Gasteiger charge is -2.28. The van der Waals surface area contributed by atoms with Crippen molar-refractivity contribution < 1.29 is 0 Å². The Morgan fingerprint density at radius 1 is 1.10 bits per heavy atom. The quantitative estimate of drug-likeness (QED) is 0.690. The Kier molecular flexibility index (Phi) is 7.32. The van der Waals surface area contributed by atoms with Gasteiger partial charge in [-0.25, -0.2) is 0 Å². The van der Waals surface area contributed by atoms with E-state index in [0.29, 0.717) is 0 Å². The van der Waals surface area contributed by atoms with E-state index < -0.39 is 0 Å². The number of likely N-dealkylation sites (N-methyl/N-ethyl adjacent to an activating group) is 2. The highest BCUT2D eigenvalue weighted by molar-refractivity contribution is 4.80. The summed E-state index contributed by atoms with van der Waals surface area (Å²) in [7, 11) is 2.29. The van der Waals surface area contributed by atoms with Crippen LogP contribution >= 0.6 is 0 Å². The van der Waals surface area contributed by atoms with Crippen molar-refractivity contribution in [2.24, 2.45) is 5.92 Å². The third kappa shape index (κ3) is 5.34. The van der Waals surface area contributed by atoms with Crippen LogP contribution in [0.15, 0.2) is 0 Å². The standard InChI is InChI=1S/C17H35N3/c1-3-20-12-7-10-17(20)15-19(2)13-11-18-14-16-8-5-4-6-9-16/h16-18H,3-15H2,1-2H3. The fourth-order valence-corrected chi connectivity index (χ4v) is 3.94. The molecule has 1 atom stereocenters. The molecule has 1 heterocycles. The highest BCUT2D eigenvalue weighted by Crippen LogP contribution is 2.22. The van der Waals surface area contributed by atoms with Crippen LogP contribution in [0.3, 0.4) is 0 Å². The molecule has 2 fully saturated rings. The Hall–Kier alpha value is -0.120. The molecule has 1 aliphatic carbocycles. The Morgan fingerprint density at radius 3 is 2.65 bits per heavy atom. The molecule has 0 radical (unpaired) electrons. The van der Waals surface area contributed by atoms with E-state index in [1.807, 2.05) is 0 Å². The Balaban J connectivity index is 1.52. The minimum atomic E-state index is 0.809. The van der Waals surface area contributed by atoms with Crippen LogP contribution in [-0.2, 0) is 0 Å². The molecule has 1 aliphatic heterocycles. The van der Waals surface area contributed by atoms with Gasteiger partial charge in [-0.2, -0.15) is 0 Å². The van der Waals surface area contributed by atoms with Crippen molar-refractivity contribution in [2.45, 2.75) is 57.9 Å². The van der Waals surface area contributed by atoms with Crippen LogP contribution in [-0.4, -0.2) is 62.2 Å². The summed E-state index contributed by atoms with van der Waals surface area (Å²) in [4.78, 5) is 5.17. The Morgan fingerprint density at radius 2 is 1.90 bits per heavy atom. The lowest BCUT2D eigenvalue weighted by molar-refractivity contribution is 0.198. The molecule has 118 valence electrons. The first-order valence-electron chi connectivity index (χ1n) is 8.93. The average molecular weight is 281 g/mol. The van der Waals surface area contributed by atoms with Crippen LogP contribution in [0.2, 0.25) is 0 Å². The largest absolute Gasteiger partial charge is 0.315 e. The first-order valence-corrected chi connectivity index (χ1v) is 8.93. The number of hydrogen-bond donors (Lipinski definition) is 1. The van der Waals surface area contributed by atoms with Crippen molar-refractivity contribution in [1.82, 2.24) is 15.1 Å². The molecule has 0 bridgehead atoms. The van der Waals surface area contributed by atoms with Crippen molar-refractivity contribution in [3.05, 3.63) is 0 Å². The average Bonchev–Trinajstić information content (AvgIpc) is 2.92. The van der Waals surface area contributed by atoms with Gasteiger partial charge in [0.25, 0.3) is 0 Å². The van der Waals surface area contributed by atoms with Crippen LogP contribution < -0.4 is 5.32 Å². The normalized spacial score (nSPS) is 25.6. The summed E-state index contributed by atoms with van der Waals surface area (Å²) >= 11 is 0. The summed E-state index contributed by atoms with van der Waals surface area (Å²) in [5, 5.41) is 3.68. The second kappa shape index (κ2) is 9.01. The molecule has 0 amide bonds. The second-order valence-electron chi connectivity index (χ2n) is 6.90. The fraction of sp³-hybridized carbons (Fsp3) is 1.00. The van der Waals surface area contributed by atoms with E-state index in [1.54, 1.807) is 0 Å². The maximum Gasteiger partial charge on any atom is 0.0223 e. The minimum Gasteiger partial charge on any atom is -0.315 e. The minimum absolute atomic E-state index is 0.809. The number of nitrogens with zero attached hydrogens (tertiary/aromatic N) is 2. The van der Waals surface area contributed by atoms with Crippen molar-refractivity contribution >= 4 is 0 Å². The fourth-order valence-electron chi connectivity index (χ4n) is 3.94. The molecule has 1 saturated carbocycles. The summed E-state index contributed by atoms with van der Waals surface area (Å²) in [5.41, 5.74) is 0. The molecule has 3 nitrogen and oxygen atoms in total. The SMILES string of the molecule is CCN1CCCC1CN(C)CCNCC1CCCCC1. The predicted molar refractivity (Wildman–Crippen MR) is 87.2 cm³/mol. The monoisotopic (exact) mass is 281 g/mol. The van der Waals surface area contributed by atoms with E-state index in [4.69, 9.17) is 0 Å². The van der Waals surface area contributed by atoms with Gasteiger partial charge in [0.2, 0.25) is 0 Å². The van der Waals surface area contributed by atoms with Crippen molar-refractivity contribution in [3.8, 4) is 0 Å². The summed E-state index contributed by atoms with van der Waals surface area (Å²) in [5.74, 6) is 0.958. The van der Waals surface area contributed by atoms with Gasteiger partial charge in [0, 0.05) is 25.7 Å². The predicted octanol–water partition coefficient (Wildman–Crippen LogP) is 2.57. The molecule has 2 rings (SSSR count). The van der Waals surface area contributed by atoms with Gasteiger partial charge in [0.15, 0.2) is 0 Å². The first-order chi connectivity index (χ1) is 9.79. The molecule has 1 unspecified atom stereocenters. The molecular formula is C17H35N3. The van der Waals surface area contributed by atoms with Crippen LogP contribution in [0, 0.1) is 5.92 Å². The van der Waals surface area contributed by atoms with Gasteiger partial charge in [0.1, 0.15) is 0 Å².